The topological polar surface area (TPSA) is 21.3 Å². The van der Waals surface area contributed by atoms with Crippen LogP contribution in [-0.2, 0) is 0 Å². The zero-order valence-electron chi connectivity index (χ0n) is 13.3. The van der Waals surface area contributed by atoms with Gasteiger partial charge in [-0.3, -0.25) is 0 Å². The molecule has 0 fully saturated rings. The van der Waals surface area contributed by atoms with Gasteiger partial charge in [0.2, 0.25) is 0 Å². The van der Waals surface area contributed by atoms with Gasteiger partial charge in [-0.25, -0.2) is 0 Å². The summed E-state index contributed by atoms with van der Waals surface area (Å²) < 4.78 is 6.74. The van der Waals surface area contributed by atoms with Gasteiger partial charge in [0, 0.05) is 10.4 Å². The van der Waals surface area contributed by atoms with E-state index in [9.17, 15) is 0 Å². The van der Waals surface area contributed by atoms with Crippen LogP contribution in [0.1, 0.15) is 35.1 Å². The Hall–Kier alpha value is -1.74. The number of rotatable bonds is 2. The van der Waals surface area contributed by atoms with Crippen molar-refractivity contribution in [3.05, 3.63) is 69.7 Å². The molecule has 0 spiro atoms. The number of methoxy groups -OCH3 is 1. The lowest BCUT2D eigenvalue weighted by molar-refractivity contribution is 0.396. The minimum absolute atomic E-state index is 0.311. The summed E-state index contributed by atoms with van der Waals surface area (Å²) >= 11 is 3.53. The monoisotopic (exact) mass is 369 g/mol. The number of nitrogens with one attached hydrogen (secondary N) is 1. The first-order chi connectivity index (χ1) is 11.2. The molecule has 2 aromatic rings. The summed E-state index contributed by atoms with van der Waals surface area (Å²) in [5.74, 6) is 1.97. The van der Waals surface area contributed by atoms with Crippen molar-refractivity contribution in [1.29, 1.82) is 0 Å². The summed E-state index contributed by atoms with van der Waals surface area (Å²) in [6.45, 7) is 2.20. The minimum atomic E-state index is 0.311. The van der Waals surface area contributed by atoms with Crippen molar-refractivity contribution in [3.8, 4) is 5.75 Å². The second-order valence-corrected chi connectivity index (χ2v) is 7.32. The molecule has 4 rings (SSSR count). The van der Waals surface area contributed by atoms with Crippen LogP contribution in [0.5, 0.6) is 5.75 Å². The lowest BCUT2D eigenvalue weighted by Gasteiger charge is -2.39. The molecule has 1 aliphatic carbocycles. The highest BCUT2D eigenvalue weighted by atomic mass is 79.9. The molecule has 0 radical (unpaired) electrons. The first kappa shape index (κ1) is 14.8. The Bertz CT molecular complexity index is 766. The van der Waals surface area contributed by atoms with Gasteiger partial charge in [-0.15, -0.1) is 0 Å². The second kappa shape index (κ2) is 5.72. The molecule has 0 bridgehead atoms. The first-order valence-corrected chi connectivity index (χ1v) is 8.84. The molecule has 3 heteroatoms. The lowest BCUT2D eigenvalue weighted by atomic mass is 9.75. The third kappa shape index (κ3) is 2.38. The van der Waals surface area contributed by atoms with Gasteiger partial charge in [-0.05, 0) is 54.2 Å². The van der Waals surface area contributed by atoms with E-state index in [0.29, 0.717) is 17.9 Å². The molecule has 118 valence electrons. The highest BCUT2D eigenvalue weighted by Gasteiger charge is 2.39. The first-order valence-electron chi connectivity index (χ1n) is 8.05. The smallest absolute Gasteiger partial charge is 0.142 e. The van der Waals surface area contributed by atoms with Crippen LogP contribution < -0.4 is 10.1 Å². The van der Waals surface area contributed by atoms with E-state index in [1.54, 1.807) is 7.11 Å². The van der Waals surface area contributed by atoms with Crippen LogP contribution in [0.4, 0.5) is 5.69 Å². The summed E-state index contributed by atoms with van der Waals surface area (Å²) in [6.07, 6.45) is 5.83. The second-order valence-electron chi connectivity index (χ2n) is 6.40. The van der Waals surface area contributed by atoms with Gasteiger partial charge in [0.1, 0.15) is 5.75 Å². The molecular formula is C20H20BrNO. The molecule has 0 saturated carbocycles. The number of fused-ring (bicyclic) bond motifs is 3. The number of hydrogen-bond donors (Lipinski definition) is 1. The van der Waals surface area contributed by atoms with Crippen molar-refractivity contribution >= 4 is 21.6 Å². The number of ether oxygens (including phenoxy) is 1. The Kier molecular flexibility index (Phi) is 3.68. The van der Waals surface area contributed by atoms with E-state index in [2.05, 4.69) is 76.7 Å². The average molecular weight is 370 g/mol. The number of halogens is 1. The maximum absolute atomic E-state index is 5.63. The Balaban J connectivity index is 1.84. The zero-order valence-corrected chi connectivity index (χ0v) is 14.9. The number of allylic oxidation sites excluding steroid dienone is 2. The van der Waals surface area contributed by atoms with E-state index < -0.39 is 0 Å². The zero-order chi connectivity index (χ0) is 16.0. The molecule has 1 aliphatic heterocycles. The van der Waals surface area contributed by atoms with Gasteiger partial charge in [-0.1, -0.05) is 46.3 Å². The normalized spacial score (nSPS) is 24.7. The summed E-state index contributed by atoms with van der Waals surface area (Å²) in [6, 6.07) is 13.2. The fourth-order valence-corrected chi connectivity index (χ4v) is 4.31. The van der Waals surface area contributed by atoms with Gasteiger partial charge < -0.3 is 10.1 Å². The van der Waals surface area contributed by atoms with Gasteiger partial charge in [0.25, 0.3) is 0 Å². The molecule has 1 heterocycles. The van der Waals surface area contributed by atoms with E-state index in [1.807, 2.05) is 0 Å². The minimum Gasteiger partial charge on any atom is -0.495 e. The van der Waals surface area contributed by atoms with E-state index in [4.69, 9.17) is 4.74 Å². The maximum atomic E-state index is 5.63. The molecule has 2 nitrogen and oxygen atoms in total. The standard InChI is InChI=1S/C20H20BrNO/c1-12-6-11-17(23-2)20-18(12)15-4-3-5-16(15)19(22-20)13-7-9-14(21)10-8-13/h3-4,6-11,15-16,19,22H,5H2,1-2H3/t15?,16?,19-/m1/s1. The van der Waals surface area contributed by atoms with Gasteiger partial charge in [0.15, 0.2) is 0 Å². The highest BCUT2D eigenvalue weighted by molar-refractivity contribution is 9.10. The number of hydrogen-bond acceptors (Lipinski definition) is 2. The molecule has 0 aromatic heterocycles. The van der Waals surface area contributed by atoms with Crippen LogP contribution in [-0.4, -0.2) is 7.11 Å². The number of anilines is 1. The summed E-state index contributed by atoms with van der Waals surface area (Å²) in [5, 5.41) is 3.78. The molecular weight excluding hydrogens is 350 g/mol. The lowest BCUT2D eigenvalue weighted by Crippen LogP contribution is -2.30. The van der Waals surface area contributed by atoms with E-state index in [1.165, 1.54) is 16.7 Å². The summed E-state index contributed by atoms with van der Waals surface area (Å²) in [4.78, 5) is 0. The Morgan fingerprint density at radius 1 is 1.13 bits per heavy atom. The summed E-state index contributed by atoms with van der Waals surface area (Å²) in [5.41, 5.74) is 5.23. The molecule has 3 atom stereocenters. The molecule has 0 amide bonds. The van der Waals surface area contributed by atoms with Crippen molar-refractivity contribution < 1.29 is 4.74 Å². The molecule has 23 heavy (non-hydrogen) atoms. The van der Waals surface area contributed by atoms with Crippen molar-refractivity contribution in [1.82, 2.24) is 0 Å². The van der Waals surface area contributed by atoms with Gasteiger partial charge in [0.05, 0.1) is 18.8 Å². The van der Waals surface area contributed by atoms with Crippen molar-refractivity contribution in [2.45, 2.75) is 25.3 Å². The largest absolute Gasteiger partial charge is 0.495 e. The van der Waals surface area contributed by atoms with E-state index >= 15 is 0 Å². The predicted molar refractivity (Wildman–Crippen MR) is 98.2 cm³/mol. The van der Waals surface area contributed by atoms with Crippen LogP contribution in [0.3, 0.4) is 0 Å². The van der Waals surface area contributed by atoms with Crippen LogP contribution in [0.15, 0.2) is 53.0 Å². The van der Waals surface area contributed by atoms with Crippen LogP contribution in [0.2, 0.25) is 0 Å². The van der Waals surface area contributed by atoms with Crippen LogP contribution in [0, 0.1) is 12.8 Å². The predicted octanol–water partition coefficient (Wildman–Crippen LogP) is 5.59. The van der Waals surface area contributed by atoms with Crippen molar-refractivity contribution in [2.24, 2.45) is 5.92 Å². The summed E-state index contributed by atoms with van der Waals surface area (Å²) in [7, 11) is 1.75. The van der Waals surface area contributed by atoms with Crippen LogP contribution >= 0.6 is 15.9 Å². The van der Waals surface area contributed by atoms with Gasteiger partial charge >= 0.3 is 0 Å². The Morgan fingerprint density at radius 2 is 1.91 bits per heavy atom. The molecule has 2 unspecified atom stereocenters. The molecule has 2 aromatic carbocycles. The van der Waals surface area contributed by atoms with E-state index in [-0.39, 0.29) is 0 Å². The van der Waals surface area contributed by atoms with E-state index in [0.717, 1.165) is 22.3 Å². The molecule has 2 aliphatic rings. The Labute approximate surface area is 145 Å². The molecule has 0 saturated heterocycles. The quantitative estimate of drug-likeness (QED) is 0.696. The van der Waals surface area contributed by atoms with Crippen molar-refractivity contribution in [3.63, 3.8) is 0 Å². The Morgan fingerprint density at radius 3 is 2.65 bits per heavy atom. The molecule has 1 N–H and O–H groups in total. The van der Waals surface area contributed by atoms with Gasteiger partial charge in [-0.2, -0.15) is 0 Å². The average Bonchev–Trinajstić information content (AvgIpc) is 3.04. The van der Waals surface area contributed by atoms with Crippen molar-refractivity contribution in [2.75, 3.05) is 12.4 Å². The third-order valence-electron chi connectivity index (χ3n) is 5.15. The number of benzene rings is 2. The third-order valence-corrected chi connectivity index (χ3v) is 5.68. The van der Waals surface area contributed by atoms with Crippen LogP contribution in [0.25, 0.3) is 0 Å². The SMILES string of the molecule is COc1ccc(C)c2c1N[C@H](c1ccc(Br)cc1)C1CC=CC21. The highest BCUT2D eigenvalue weighted by Crippen LogP contribution is 2.53. The fraction of sp³-hybridized carbons (Fsp3) is 0.300. The maximum Gasteiger partial charge on any atom is 0.142 e. The fourth-order valence-electron chi connectivity index (χ4n) is 4.04. The number of aryl methyl sites for hydroxylation is 1.